The molecule has 1 atom stereocenters. The lowest BCUT2D eigenvalue weighted by Gasteiger charge is -2.20. The Balaban J connectivity index is 2.53. The van der Waals surface area contributed by atoms with Crippen LogP contribution >= 0.6 is 38.5 Å². The van der Waals surface area contributed by atoms with E-state index >= 15 is 0 Å². The van der Waals surface area contributed by atoms with Gasteiger partial charge in [0.25, 0.3) is 0 Å². The van der Waals surface area contributed by atoms with Gasteiger partial charge in [0, 0.05) is 14.2 Å². The number of aromatic nitrogens is 1. The second-order valence-corrected chi connectivity index (χ2v) is 6.06. The Labute approximate surface area is 135 Å². The zero-order valence-corrected chi connectivity index (χ0v) is 14.4. The first-order valence-corrected chi connectivity index (χ1v) is 7.65. The summed E-state index contributed by atoms with van der Waals surface area (Å²) < 4.78 is 7.64. The number of rotatable bonds is 4. The van der Waals surface area contributed by atoms with Crippen LogP contribution in [0.4, 0.5) is 0 Å². The van der Waals surface area contributed by atoms with Crippen LogP contribution in [0.25, 0.3) is 0 Å². The third kappa shape index (κ3) is 3.27. The van der Waals surface area contributed by atoms with Crippen LogP contribution < -0.4 is 10.1 Å². The van der Waals surface area contributed by atoms with E-state index in [0.717, 1.165) is 15.9 Å². The van der Waals surface area contributed by atoms with Gasteiger partial charge in [-0.3, -0.25) is 4.98 Å². The Kier molecular flexibility index (Phi) is 5.18. The summed E-state index contributed by atoms with van der Waals surface area (Å²) in [4.78, 5) is 4.46. The number of benzene rings is 1. The molecule has 1 aromatic heterocycles. The van der Waals surface area contributed by atoms with Gasteiger partial charge in [-0.15, -0.1) is 0 Å². The molecule has 0 aliphatic rings. The van der Waals surface area contributed by atoms with E-state index in [1.807, 2.05) is 25.2 Å². The first kappa shape index (κ1) is 14.7. The van der Waals surface area contributed by atoms with E-state index < -0.39 is 0 Å². The minimum atomic E-state index is 0.000509. The molecule has 2 aromatic rings. The molecule has 0 amide bonds. The van der Waals surface area contributed by atoms with E-state index in [2.05, 4.69) is 61.0 Å². The van der Waals surface area contributed by atoms with Crippen LogP contribution in [0.5, 0.6) is 5.75 Å². The highest BCUT2D eigenvalue weighted by atomic mass is 127. The fraction of sp³-hybridized carbons (Fsp3) is 0.214. The summed E-state index contributed by atoms with van der Waals surface area (Å²) in [5.41, 5.74) is 2.07. The van der Waals surface area contributed by atoms with Gasteiger partial charge in [0.15, 0.2) is 0 Å². The summed E-state index contributed by atoms with van der Waals surface area (Å²) in [6.07, 6.45) is 1.78. The summed E-state index contributed by atoms with van der Waals surface area (Å²) in [5, 5.41) is 3.31. The molecule has 0 aliphatic carbocycles. The molecule has 1 heterocycles. The second kappa shape index (κ2) is 6.67. The van der Waals surface area contributed by atoms with Crippen LogP contribution in [0.3, 0.4) is 0 Å². The molecule has 0 spiro atoms. The molecule has 1 N–H and O–H groups in total. The number of hydrogen-bond acceptors (Lipinski definition) is 3. The maximum Gasteiger partial charge on any atom is 0.142 e. The third-order valence-electron chi connectivity index (χ3n) is 2.85. The lowest BCUT2D eigenvalue weighted by molar-refractivity contribution is 0.401. The zero-order valence-electron chi connectivity index (χ0n) is 10.7. The average molecular weight is 433 g/mol. The third-order valence-corrected chi connectivity index (χ3v) is 4.33. The first-order chi connectivity index (χ1) is 9.17. The number of ether oxygens (including phenoxy) is 1. The molecule has 3 nitrogen and oxygen atoms in total. The predicted octanol–water partition coefficient (Wildman–Crippen LogP) is 3.77. The molecule has 2 rings (SSSR count). The summed E-state index contributed by atoms with van der Waals surface area (Å²) >= 11 is 5.86. The Morgan fingerprint density at radius 3 is 2.84 bits per heavy atom. The van der Waals surface area contributed by atoms with Gasteiger partial charge in [-0.1, -0.05) is 15.9 Å². The monoisotopic (exact) mass is 432 g/mol. The summed E-state index contributed by atoms with van der Waals surface area (Å²) in [6, 6.07) is 10.0. The normalized spacial score (nSPS) is 12.2. The van der Waals surface area contributed by atoms with E-state index in [1.54, 1.807) is 13.3 Å². The van der Waals surface area contributed by atoms with Gasteiger partial charge < -0.3 is 10.1 Å². The standard InChI is InChI=1S/C14H14BrIN2O/c1-17-13(10-8-9(15)5-6-11(10)16)14-12(19-2)4-3-7-18-14/h3-8,13,17H,1-2H3. The number of methoxy groups -OCH3 is 1. The van der Waals surface area contributed by atoms with Gasteiger partial charge in [-0.05, 0) is 65.5 Å². The Morgan fingerprint density at radius 2 is 2.16 bits per heavy atom. The Bertz CT molecular complexity index is 577. The van der Waals surface area contributed by atoms with Gasteiger partial charge in [0.05, 0.1) is 13.2 Å². The predicted molar refractivity (Wildman–Crippen MR) is 88.6 cm³/mol. The molecule has 19 heavy (non-hydrogen) atoms. The molecule has 0 saturated carbocycles. The molecule has 0 saturated heterocycles. The first-order valence-electron chi connectivity index (χ1n) is 5.78. The maximum atomic E-state index is 5.40. The van der Waals surface area contributed by atoms with Crippen molar-refractivity contribution in [3.05, 3.63) is 55.8 Å². The molecule has 1 unspecified atom stereocenters. The molecule has 0 fully saturated rings. The number of nitrogens with one attached hydrogen (secondary N) is 1. The van der Waals surface area contributed by atoms with Crippen LogP contribution in [0.1, 0.15) is 17.3 Å². The molecule has 100 valence electrons. The highest BCUT2D eigenvalue weighted by Gasteiger charge is 2.20. The van der Waals surface area contributed by atoms with Gasteiger partial charge in [0.2, 0.25) is 0 Å². The van der Waals surface area contributed by atoms with Gasteiger partial charge >= 0.3 is 0 Å². The van der Waals surface area contributed by atoms with Crippen molar-refractivity contribution in [2.45, 2.75) is 6.04 Å². The van der Waals surface area contributed by atoms with Gasteiger partial charge in [-0.25, -0.2) is 0 Å². The smallest absolute Gasteiger partial charge is 0.142 e. The van der Waals surface area contributed by atoms with Crippen molar-refractivity contribution in [1.82, 2.24) is 10.3 Å². The molecule has 1 aromatic carbocycles. The summed E-state index contributed by atoms with van der Waals surface area (Å²) in [5.74, 6) is 0.789. The lowest BCUT2D eigenvalue weighted by atomic mass is 10.0. The minimum Gasteiger partial charge on any atom is -0.495 e. The number of nitrogens with zero attached hydrogens (tertiary/aromatic N) is 1. The fourth-order valence-corrected chi connectivity index (χ4v) is 2.99. The van der Waals surface area contributed by atoms with Crippen LogP contribution in [-0.2, 0) is 0 Å². The SMILES string of the molecule is CNC(c1cc(Br)ccc1I)c1ncccc1OC. The lowest BCUT2D eigenvalue weighted by Crippen LogP contribution is -2.20. The molecular weight excluding hydrogens is 419 g/mol. The molecule has 0 radical (unpaired) electrons. The van der Waals surface area contributed by atoms with E-state index in [0.29, 0.717) is 0 Å². The van der Waals surface area contributed by atoms with Crippen molar-refractivity contribution in [2.75, 3.05) is 14.2 Å². The molecule has 0 aliphatic heterocycles. The van der Waals surface area contributed by atoms with E-state index in [9.17, 15) is 0 Å². The van der Waals surface area contributed by atoms with E-state index in [4.69, 9.17) is 4.74 Å². The van der Waals surface area contributed by atoms with Crippen molar-refractivity contribution in [2.24, 2.45) is 0 Å². The van der Waals surface area contributed by atoms with Crippen molar-refractivity contribution >= 4 is 38.5 Å². The Morgan fingerprint density at radius 1 is 1.37 bits per heavy atom. The summed E-state index contributed by atoms with van der Waals surface area (Å²) in [6.45, 7) is 0. The number of hydrogen-bond donors (Lipinski definition) is 1. The maximum absolute atomic E-state index is 5.40. The molecular formula is C14H14BrIN2O. The van der Waals surface area contributed by atoms with Crippen molar-refractivity contribution in [3.63, 3.8) is 0 Å². The van der Waals surface area contributed by atoms with Gasteiger partial charge in [-0.2, -0.15) is 0 Å². The van der Waals surface area contributed by atoms with Crippen molar-refractivity contribution in [3.8, 4) is 5.75 Å². The highest BCUT2D eigenvalue weighted by molar-refractivity contribution is 14.1. The van der Waals surface area contributed by atoms with Crippen molar-refractivity contribution in [1.29, 1.82) is 0 Å². The fourth-order valence-electron chi connectivity index (χ4n) is 1.97. The second-order valence-electron chi connectivity index (χ2n) is 3.98. The summed E-state index contributed by atoms with van der Waals surface area (Å²) in [7, 11) is 3.59. The Hall–Kier alpha value is -0.660. The highest BCUT2D eigenvalue weighted by Crippen LogP contribution is 2.31. The van der Waals surface area contributed by atoms with Crippen molar-refractivity contribution < 1.29 is 4.74 Å². The largest absolute Gasteiger partial charge is 0.495 e. The topological polar surface area (TPSA) is 34.2 Å². The quantitative estimate of drug-likeness (QED) is 0.747. The van der Waals surface area contributed by atoms with Gasteiger partial charge in [0.1, 0.15) is 11.4 Å². The number of pyridine rings is 1. The van der Waals surface area contributed by atoms with E-state index in [1.165, 1.54) is 9.13 Å². The average Bonchev–Trinajstić information content (AvgIpc) is 2.44. The van der Waals surface area contributed by atoms with Crippen LogP contribution in [0.2, 0.25) is 0 Å². The number of halogens is 2. The van der Waals surface area contributed by atoms with Crippen LogP contribution in [-0.4, -0.2) is 19.1 Å². The molecule has 0 bridgehead atoms. The molecule has 5 heteroatoms. The minimum absolute atomic E-state index is 0.000509. The van der Waals surface area contributed by atoms with Crippen LogP contribution in [0.15, 0.2) is 41.0 Å². The zero-order chi connectivity index (χ0) is 13.8. The van der Waals surface area contributed by atoms with E-state index in [-0.39, 0.29) is 6.04 Å². The van der Waals surface area contributed by atoms with Crippen LogP contribution in [0, 0.1) is 3.57 Å².